The van der Waals surface area contributed by atoms with Gasteiger partial charge >= 0.3 is 0 Å². The average Bonchev–Trinajstić information content (AvgIpc) is 2.92. The molecule has 0 aliphatic carbocycles. The molecule has 0 aromatic heterocycles. The molecule has 1 aromatic carbocycles. The smallest absolute Gasteiger partial charge is 0.237 e. The highest BCUT2D eigenvalue weighted by Gasteiger charge is 2.32. The summed E-state index contributed by atoms with van der Waals surface area (Å²) >= 11 is 0. The van der Waals surface area contributed by atoms with Crippen LogP contribution in [0.4, 0.5) is 0 Å². The van der Waals surface area contributed by atoms with E-state index in [0.29, 0.717) is 6.04 Å². The fourth-order valence-electron chi connectivity index (χ4n) is 4.11. The SMILES string of the molecule is Cc1ccccc1CCNC(=O)[C@@H](C)N1CCCN2CCC[C@@H]2C1. The summed E-state index contributed by atoms with van der Waals surface area (Å²) in [7, 11) is 0. The molecule has 2 fully saturated rings. The molecule has 1 aromatic rings. The van der Waals surface area contributed by atoms with Crippen LogP contribution >= 0.6 is 0 Å². The fraction of sp³-hybridized carbons (Fsp3) is 0.650. The third kappa shape index (κ3) is 4.17. The largest absolute Gasteiger partial charge is 0.354 e. The summed E-state index contributed by atoms with van der Waals surface area (Å²) < 4.78 is 0. The van der Waals surface area contributed by atoms with Crippen molar-refractivity contribution in [2.75, 3.05) is 32.7 Å². The first-order valence-corrected chi connectivity index (χ1v) is 9.45. The van der Waals surface area contributed by atoms with Crippen LogP contribution in [-0.2, 0) is 11.2 Å². The second-order valence-corrected chi connectivity index (χ2v) is 7.32. The van der Waals surface area contributed by atoms with Gasteiger partial charge in [0.15, 0.2) is 0 Å². The third-order valence-electron chi connectivity index (χ3n) is 5.72. The predicted octanol–water partition coefficient (Wildman–Crippen LogP) is 2.21. The molecule has 2 heterocycles. The first-order chi connectivity index (χ1) is 11.6. The lowest BCUT2D eigenvalue weighted by molar-refractivity contribution is -0.125. The number of aryl methyl sites for hydroxylation is 1. The Morgan fingerprint density at radius 3 is 2.88 bits per heavy atom. The molecule has 0 saturated carbocycles. The van der Waals surface area contributed by atoms with Gasteiger partial charge in [0.25, 0.3) is 0 Å². The number of nitrogens with zero attached hydrogens (tertiary/aromatic N) is 2. The Labute approximate surface area is 146 Å². The molecule has 132 valence electrons. The van der Waals surface area contributed by atoms with Crippen LogP contribution in [0, 0.1) is 6.92 Å². The number of rotatable bonds is 5. The first-order valence-electron chi connectivity index (χ1n) is 9.45. The summed E-state index contributed by atoms with van der Waals surface area (Å²) in [4.78, 5) is 17.6. The maximum absolute atomic E-state index is 12.6. The van der Waals surface area contributed by atoms with Gasteiger partial charge in [-0.1, -0.05) is 24.3 Å². The normalized spacial score (nSPS) is 23.5. The highest BCUT2D eigenvalue weighted by molar-refractivity contribution is 5.81. The summed E-state index contributed by atoms with van der Waals surface area (Å²) in [5.74, 6) is 0.176. The molecule has 24 heavy (non-hydrogen) atoms. The molecular weight excluding hydrogens is 298 g/mol. The number of benzene rings is 1. The van der Waals surface area contributed by atoms with Crippen LogP contribution in [0.25, 0.3) is 0 Å². The van der Waals surface area contributed by atoms with E-state index in [1.165, 1.54) is 43.5 Å². The van der Waals surface area contributed by atoms with Gasteiger partial charge in [0, 0.05) is 25.7 Å². The van der Waals surface area contributed by atoms with Crippen LogP contribution in [-0.4, -0.2) is 60.5 Å². The Morgan fingerprint density at radius 1 is 1.25 bits per heavy atom. The van der Waals surface area contributed by atoms with E-state index in [4.69, 9.17) is 0 Å². The van der Waals surface area contributed by atoms with E-state index < -0.39 is 0 Å². The highest BCUT2D eigenvalue weighted by atomic mass is 16.2. The lowest BCUT2D eigenvalue weighted by Crippen LogP contribution is -2.48. The van der Waals surface area contributed by atoms with Gasteiger partial charge in [-0.3, -0.25) is 14.6 Å². The van der Waals surface area contributed by atoms with Crippen LogP contribution < -0.4 is 5.32 Å². The first kappa shape index (κ1) is 17.4. The Kier molecular flexibility index (Phi) is 5.90. The van der Waals surface area contributed by atoms with Crippen LogP contribution in [0.5, 0.6) is 0 Å². The van der Waals surface area contributed by atoms with Crippen LogP contribution in [0.3, 0.4) is 0 Å². The summed E-state index contributed by atoms with van der Waals surface area (Å²) in [5.41, 5.74) is 2.62. The molecule has 0 spiro atoms. The molecule has 2 atom stereocenters. The molecule has 0 bridgehead atoms. The third-order valence-corrected chi connectivity index (χ3v) is 5.72. The average molecular weight is 329 g/mol. The number of hydrogen-bond donors (Lipinski definition) is 1. The van der Waals surface area contributed by atoms with E-state index in [-0.39, 0.29) is 11.9 Å². The summed E-state index contributed by atoms with van der Waals surface area (Å²) in [6, 6.07) is 9.04. The Morgan fingerprint density at radius 2 is 2.04 bits per heavy atom. The predicted molar refractivity (Wildman–Crippen MR) is 98.1 cm³/mol. The zero-order valence-corrected chi connectivity index (χ0v) is 15.1. The number of amides is 1. The van der Waals surface area contributed by atoms with E-state index in [2.05, 4.69) is 53.2 Å². The van der Waals surface area contributed by atoms with Gasteiger partial charge in [-0.25, -0.2) is 0 Å². The molecule has 1 N–H and O–H groups in total. The van der Waals surface area contributed by atoms with E-state index in [1.54, 1.807) is 0 Å². The van der Waals surface area contributed by atoms with Gasteiger partial charge in [0.1, 0.15) is 0 Å². The zero-order valence-electron chi connectivity index (χ0n) is 15.1. The van der Waals surface area contributed by atoms with Gasteiger partial charge in [-0.2, -0.15) is 0 Å². The number of carbonyl (C=O) groups excluding carboxylic acids is 1. The van der Waals surface area contributed by atoms with E-state index in [0.717, 1.165) is 26.1 Å². The van der Waals surface area contributed by atoms with Crippen molar-refractivity contribution in [3.8, 4) is 0 Å². The van der Waals surface area contributed by atoms with Gasteiger partial charge in [0.2, 0.25) is 5.91 Å². The van der Waals surface area contributed by atoms with Crippen LogP contribution in [0.15, 0.2) is 24.3 Å². The highest BCUT2D eigenvalue weighted by Crippen LogP contribution is 2.22. The van der Waals surface area contributed by atoms with Crippen molar-refractivity contribution < 1.29 is 4.79 Å². The molecule has 2 saturated heterocycles. The minimum absolute atomic E-state index is 0.0255. The Bertz CT molecular complexity index is 560. The maximum Gasteiger partial charge on any atom is 0.237 e. The lowest BCUT2D eigenvalue weighted by Gasteiger charge is -2.29. The summed E-state index contributed by atoms with van der Waals surface area (Å²) in [6.07, 6.45) is 4.69. The number of nitrogens with one attached hydrogen (secondary N) is 1. The number of hydrogen-bond acceptors (Lipinski definition) is 3. The van der Waals surface area contributed by atoms with Gasteiger partial charge in [-0.05, 0) is 63.7 Å². The molecular formula is C20H31N3O. The maximum atomic E-state index is 12.6. The Hall–Kier alpha value is -1.39. The van der Waals surface area contributed by atoms with Gasteiger partial charge < -0.3 is 5.32 Å². The lowest BCUT2D eigenvalue weighted by atomic mass is 10.1. The molecule has 1 amide bonds. The quantitative estimate of drug-likeness (QED) is 0.900. The second-order valence-electron chi connectivity index (χ2n) is 7.32. The number of carbonyl (C=O) groups is 1. The van der Waals surface area contributed by atoms with Crippen molar-refractivity contribution >= 4 is 5.91 Å². The monoisotopic (exact) mass is 329 g/mol. The molecule has 0 radical (unpaired) electrons. The van der Waals surface area contributed by atoms with Crippen molar-refractivity contribution in [2.45, 2.75) is 51.6 Å². The van der Waals surface area contributed by atoms with E-state index in [1.807, 2.05) is 0 Å². The van der Waals surface area contributed by atoms with Crippen LogP contribution in [0.2, 0.25) is 0 Å². The van der Waals surface area contributed by atoms with Crippen molar-refractivity contribution in [1.29, 1.82) is 0 Å². The number of fused-ring (bicyclic) bond motifs is 1. The summed E-state index contributed by atoms with van der Waals surface area (Å²) in [5, 5.41) is 3.14. The minimum Gasteiger partial charge on any atom is -0.354 e. The van der Waals surface area contributed by atoms with Crippen molar-refractivity contribution in [1.82, 2.24) is 15.1 Å². The second kappa shape index (κ2) is 8.13. The standard InChI is InChI=1S/C20H31N3O/c1-16-7-3-4-8-18(16)10-11-21-20(24)17(2)23-14-6-13-22-12-5-9-19(22)15-23/h3-4,7-8,17,19H,5-6,9-15H2,1-2H3,(H,21,24)/t17-,19-/m1/s1. The molecule has 2 aliphatic heterocycles. The van der Waals surface area contributed by atoms with E-state index >= 15 is 0 Å². The Balaban J connectivity index is 1.48. The molecule has 4 heteroatoms. The van der Waals surface area contributed by atoms with E-state index in [9.17, 15) is 4.79 Å². The topological polar surface area (TPSA) is 35.6 Å². The van der Waals surface area contributed by atoms with Gasteiger partial charge in [-0.15, -0.1) is 0 Å². The molecule has 3 rings (SSSR count). The fourth-order valence-corrected chi connectivity index (χ4v) is 4.11. The summed E-state index contributed by atoms with van der Waals surface area (Å²) in [6.45, 7) is 9.44. The zero-order chi connectivity index (χ0) is 16.9. The molecule has 4 nitrogen and oxygen atoms in total. The van der Waals surface area contributed by atoms with Crippen LogP contribution in [0.1, 0.15) is 37.3 Å². The van der Waals surface area contributed by atoms with Crippen molar-refractivity contribution in [2.24, 2.45) is 0 Å². The molecule has 0 unspecified atom stereocenters. The molecule has 2 aliphatic rings. The van der Waals surface area contributed by atoms with Gasteiger partial charge in [0.05, 0.1) is 6.04 Å². The van der Waals surface area contributed by atoms with Crippen molar-refractivity contribution in [3.63, 3.8) is 0 Å². The van der Waals surface area contributed by atoms with Crippen molar-refractivity contribution in [3.05, 3.63) is 35.4 Å². The minimum atomic E-state index is -0.0255.